The van der Waals surface area contributed by atoms with E-state index in [0.717, 1.165) is 17.0 Å². The van der Waals surface area contributed by atoms with Crippen LogP contribution in [0.15, 0.2) is 42.5 Å². The van der Waals surface area contributed by atoms with Crippen molar-refractivity contribution in [3.05, 3.63) is 48.0 Å². The number of amides is 1. The Morgan fingerprint density at radius 3 is 2.28 bits per heavy atom. The Balaban J connectivity index is 1.52. The van der Waals surface area contributed by atoms with E-state index in [4.69, 9.17) is 14.2 Å². The van der Waals surface area contributed by atoms with Crippen molar-refractivity contribution in [3.8, 4) is 17.2 Å². The molecule has 0 spiro atoms. The van der Waals surface area contributed by atoms with E-state index < -0.39 is 12.8 Å². The molecule has 1 aliphatic rings. The predicted molar refractivity (Wildman–Crippen MR) is 115 cm³/mol. The zero-order valence-corrected chi connectivity index (χ0v) is 18.2. The highest BCUT2D eigenvalue weighted by Gasteiger charge is 2.29. The summed E-state index contributed by atoms with van der Waals surface area (Å²) in [6.45, 7) is 1.27. The number of ether oxygens (including phenoxy) is 3. The molecule has 1 amide bonds. The molecule has 1 saturated heterocycles. The van der Waals surface area contributed by atoms with Gasteiger partial charge in [-0.2, -0.15) is 13.2 Å². The third kappa shape index (κ3) is 6.21. The van der Waals surface area contributed by atoms with Crippen molar-refractivity contribution < 1.29 is 32.2 Å². The van der Waals surface area contributed by atoms with E-state index in [0.29, 0.717) is 39.0 Å². The van der Waals surface area contributed by atoms with Crippen molar-refractivity contribution in [2.75, 3.05) is 51.9 Å². The maximum absolute atomic E-state index is 12.7. The fraction of sp³-hybridized carbons (Fsp3) is 0.435. The highest BCUT2D eigenvalue weighted by molar-refractivity contribution is 5.77. The molecular formula is C23H27F3N2O4. The van der Waals surface area contributed by atoms with E-state index in [2.05, 4.69) is 4.90 Å². The summed E-state index contributed by atoms with van der Waals surface area (Å²) in [4.78, 5) is 16.7. The maximum atomic E-state index is 12.7. The monoisotopic (exact) mass is 452 g/mol. The van der Waals surface area contributed by atoms with Gasteiger partial charge in [-0.3, -0.25) is 4.79 Å². The summed E-state index contributed by atoms with van der Waals surface area (Å²) >= 11 is 0. The highest BCUT2D eigenvalue weighted by Crippen LogP contribution is 2.31. The normalized spacial score (nSPS) is 14.3. The number of rotatable bonds is 8. The van der Waals surface area contributed by atoms with E-state index in [1.807, 2.05) is 29.2 Å². The van der Waals surface area contributed by atoms with Crippen molar-refractivity contribution in [3.63, 3.8) is 0 Å². The first-order chi connectivity index (χ1) is 15.3. The number of para-hydroxylation sites is 2. The van der Waals surface area contributed by atoms with Crippen molar-refractivity contribution in [1.82, 2.24) is 4.90 Å². The van der Waals surface area contributed by atoms with Crippen molar-refractivity contribution in [2.24, 2.45) is 0 Å². The molecule has 9 heteroatoms. The lowest BCUT2D eigenvalue weighted by Crippen LogP contribution is -2.48. The van der Waals surface area contributed by atoms with Gasteiger partial charge in [-0.05, 0) is 36.2 Å². The molecular weight excluding hydrogens is 425 g/mol. The number of benzene rings is 2. The van der Waals surface area contributed by atoms with Gasteiger partial charge < -0.3 is 24.0 Å². The number of halogens is 3. The number of hydrogen-bond donors (Lipinski definition) is 0. The SMILES string of the molecule is COc1cc(CCC(=O)N2CCN(c3ccccc3OC)CC2)ccc1OCC(F)(F)F. The standard InChI is InChI=1S/C23H27F3N2O4/c1-30-19-6-4-3-5-18(19)27-11-13-28(14-12-27)22(29)10-8-17-7-9-20(21(15-17)31-2)32-16-23(24,25)26/h3-7,9,15H,8,10-14,16H2,1-2H3. The molecule has 1 fully saturated rings. The molecule has 0 bridgehead atoms. The van der Waals surface area contributed by atoms with E-state index >= 15 is 0 Å². The Bertz CT molecular complexity index is 912. The summed E-state index contributed by atoms with van der Waals surface area (Å²) in [5.74, 6) is 1.09. The molecule has 2 aromatic rings. The Morgan fingerprint density at radius 2 is 1.62 bits per heavy atom. The van der Waals surface area contributed by atoms with Gasteiger partial charge in [-0.25, -0.2) is 0 Å². The number of hydrogen-bond acceptors (Lipinski definition) is 5. The molecule has 0 saturated carbocycles. The first-order valence-electron chi connectivity index (χ1n) is 10.3. The molecule has 0 unspecified atom stereocenters. The second-order valence-electron chi connectivity index (χ2n) is 7.43. The first kappa shape index (κ1) is 23.6. The minimum absolute atomic E-state index is 0.0207. The summed E-state index contributed by atoms with van der Waals surface area (Å²) < 4.78 is 52.5. The van der Waals surface area contributed by atoms with Crippen molar-refractivity contribution >= 4 is 11.6 Å². The van der Waals surface area contributed by atoms with Crippen LogP contribution in [0.4, 0.5) is 18.9 Å². The fourth-order valence-electron chi connectivity index (χ4n) is 3.64. The molecule has 0 aromatic heterocycles. The lowest BCUT2D eigenvalue weighted by molar-refractivity contribution is -0.153. The second-order valence-corrected chi connectivity index (χ2v) is 7.43. The molecule has 0 atom stereocenters. The van der Waals surface area contributed by atoms with Crippen LogP contribution in [0.2, 0.25) is 0 Å². The van der Waals surface area contributed by atoms with Crippen molar-refractivity contribution in [2.45, 2.75) is 19.0 Å². The molecule has 174 valence electrons. The lowest BCUT2D eigenvalue weighted by Gasteiger charge is -2.36. The van der Waals surface area contributed by atoms with Gasteiger partial charge in [0, 0.05) is 32.6 Å². The number of piperazine rings is 1. The molecule has 1 heterocycles. The molecule has 6 nitrogen and oxygen atoms in total. The van der Waals surface area contributed by atoms with Crippen LogP contribution in [0.5, 0.6) is 17.2 Å². The van der Waals surface area contributed by atoms with Gasteiger partial charge in [-0.1, -0.05) is 18.2 Å². The quantitative estimate of drug-likeness (QED) is 0.608. The summed E-state index contributed by atoms with van der Waals surface area (Å²) in [5, 5.41) is 0. The zero-order valence-electron chi connectivity index (χ0n) is 18.2. The van der Waals surface area contributed by atoms with Crippen LogP contribution in [0.3, 0.4) is 0 Å². The van der Waals surface area contributed by atoms with E-state index in [1.54, 1.807) is 19.2 Å². The van der Waals surface area contributed by atoms with Crippen LogP contribution < -0.4 is 19.1 Å². The van der Waals surface area contributed by atoms with Crippen LogP contribution in [-0.4, -0.2) is 64.0 Å². The van der Waals surface area contributed by atoms with Gasteiger partial charge in [-0.15, -0.1) is 0 Å². The minimum Gasteiger partial charge on any atom is -0.495 e. The van der Waals surface area contributed by atoms with E-state index in [-0.39, 0.29) is 17.4 Å². The van der Waals surface area contributed by atoms with Gasteiger partial charge in [0.15, 0.2) is 18.1 Å². The minimum atomic E-state index is -4.42. The highest BCUT2D eigenvalue weighted by atomic mass is 19.4. The molecule has 3 rings (SSSR count). The number of carbonyl (C=O) groups is 1. The van der Waals surface area contributed by atoms with Gasteiger partial charge in [0.2, 0.25) is 5.91 Å². The zero-order chi connectivity index (χ0) is 23.1. The van der Waals surface area contributed by atoms with Gasteiger partial charge in [0.25, 0.3) is 0 Å². The largest absolute Gasteiger partial charge is 0.495 e. The van der Waals surface area contributed by atoms with E-state index in [9.17, 15) is 18.0 Å². The number of alkyl halides is 3. The molecule has 32 heavy (non-hydrogen) atoms. The smallest absolute Gasteiger partial charge is 0.422 e. The number of anilines is 1. The van der Waals surface area contributed by atoms with Crippen molar-refractivity contribution in [1.29, 1.82) is 0 Å². The molecule has 1 aliphatic heterocycles. The van der Waals surface area contributed by atoms with Gasteiger partial charge in [0.05, 0.1) is 19.9 Å². The average molecular weight is 452 g/mol. The van der Waals surface area contributed by atoms with Crippen LogP contribution in [0.25, 0.3) is 0 Å². The lowest BCUT2D eigenvalue weighted by atomic mass is 10.1. The molecule has 0 N–H and O–H groups in total. The Hall–Kier alpha value is -3.10. The van der Waals surface area contributed by atoms with E-state index in [1.165, 1.54) is 13.2 Å². The van der Waals surface area contributed by atoms with Crippen LogP contribution in [-0.2, 0) is 11.2 Å². The molecule has 0 aliphatic carbocycles. The van der Waals surface area contributed by atoms with Gasteiger partial charge in [0.1, 0.15) is 5.75 Å². The topological polar surface area (TPSA) is 51.2 Å². The first-order valence-corrected chi connectivity index (χ1v) is 10.3. The Kier molecular flexibility index (Phi) is 7.71. The number of nitrogens with zero attached hydrogens (tertiary/aromatic N) is 2. The Morgan fingerprint density at radius 1 is 0.938 bits per heavy atom. The fourth-order valence-corrected chi connectivity index (χ4v) is 3.64. The summed E-state index contributed by atoms with van der Waals surface area (Å²) in [6, 6.07) is 12.5. The van der Waals surface area contributed by atoms with Crippen LogP contribution in [0, 0.1) is 0 Å². The Labute approximate surface area is 185 Å². The third-order valence-electron chi connectivity index (χ3n) is 5.31. The number of carbonyl (C=O) groups excluding carboxylic acids is 1. The molecule has 0 radical (unpaired) electrons. The average Bonchev–Trinajstić information content (AvgIpc) is 2.81. The predicted octanol–water partition coefficient (Wildman–Crippen LogP) is 3.93. The summed E-state index contributed by atoms with van der Waals surface area (Å²) in [7, 11) is 3.01. The summed E-state index contributed by atoms with van der Waals surface area (Å²) in [6.07, 6.45) is -3.66. The number of aryl methyl sites for hydroxylation is 1. The molecule has 2 aromatic carbocycles. The second kappa shape index (κ2) is 10.5. The number of methoxy groups -OCH3 is 2. The third-order valence-corrected chi connectivity index (χ3v) is 5.31. The van der Waals surface area contributed by atoms with Crippen LogP contribution in [0.1, 0.15) is 12.0 Å². The summed E-state index contributed by atoms with van der Waals surface area (Å²) in [5.41, 5.74) is 1.81. The maximum Gasteiger partial charge on any atom is 0.422 e. The van der Waals surface area contributed by atoms with Crippen LogP contribution >= 0.6 is 0 Å². The van der Waals surface area contributed by atoms with Gasteiger partial charge >= 0.3 is 6.18 Å².